The first kappa shape index (κ1) is 19.8. The molecule has 0 radical (unpaired) electrons. The Labute approximate surface area is 154 Å². The predicted molar refractivity (Wildman–Crippen MR) is 100 cm³/mol. The molecular formula is C21H25NO4. The third-order valence-electron chi connectivity index (χ3n) is 4.41. The lowest BCUT2D eigenvalue weighted by Gasteiger charge is -2.18. The van der Waals surface area contributed by atoms with Gasteiger partial charge in [-0.2, -0.15) is 0 Å². The average Bonchev–Trinajstić information content (AvgIpc) is 2.65. The van der Waals surface area contributed by atoms with Gasteiger partial charge in [0.05, 0.1) is 6.61 Å². The number of ketones is 2. The lowest BCUT2D eigenvalue weighted by molar-refractivity contribution is -0.117. The van der Waals surface area contributed by atoms with E-state index in [0.29, 0.717) is 47.4 Å². The Bertz CT molecular complexity index is 774. The van der Waals surface area contributed by atoms with E-state index in [1.54, 1.807) is 44.4 Å². The second kappa shape index (κ2) is 9.25. The highest BCUT2D eigenvalue weighted by molar-refractivity contribution is 6.28. The zero-order valence-corrected chi connectivity index (χ0v) is 15.6. The monoisotopic (exact) mass is 355 g/mol. The van der Waals surface area contributed by atoms with E-state index in [1.165, 1.54) is 0 Å². The van der Waals surface area contributed by atoms with Gasteiger partial charge in [-0.25, -0.2) is 0 Å². The highest BCUT2D eigenvalue weighted by Gasteiger charge is 2.29. The van der Waals surface area contributed by atoms with Gasteiger partial charge in [-0.3, -0.25) is 14.4 Å². The van der Waals surface area contributed by atoms with Gasteiger partial charge in [0.2, 0.25) is 5.91 Å². The zero-order valence-electron chi connectivity index (χ0n) is 15.6. The third kappa shape index (κ3) is 4.35. The SMILES string of the molecule is CCCC/C(=C/C1=C(C)C(=O)c2ccccc2C1=O)C(=O)NCCOC. The number of nitrogens with one attached hydrogen (secondary N) is 1. The first-order valence-corrected chi connectivity index (χ1v) is 8.88. The molecular weight excluding hydrogens is 330 g/mol. The van der Waals surface area contributed by atoms with Crippen LogP contribution in [-0.2, 0) is 9.53 Å². The number of carbonyl (C=O) groups excluding carboxylic acids is 3. The predicted octanol–water partition coefficient (Wildman–Crippen LogP) is 3.26. The topological polar surface area (TPSA) is 72.5 Å². The van der Waals surface area contributed by atoms with Crippen LogP contribution in [0.2, 0.25) is 0 Å². The van der Waals surface area contributed by atoms with E-state index < -0.39 is 0 Å². The van der Waals surface area contributed by atoms with Crippen LogP contribution in [0.1, 0.15) is 53.8 Å². The van der Waals surface area contributed by atoms with E-state index in [4.69, 9.17) is 4.74 Å². The average molecular weight is 355 g/mol. The molecule has 1 aromatic carbocycles. The minimum atomic E-state index is -0.227. The number of hydrogen-bond acceptors (Lipinski definition) is 4. The molecule has 0 fully saturated rings. The van der Waals surface area contributed by atoms with Crippen molar-refractivity contribution in [2.45, 2.75) is 33.1 Å². The normalized spacial score (nSPS) is 14.5. The third-order valence-corrected chi connectivity index (χ3v) is 4.41. The summed E-state index contributed by atoms with van der Waals surface area (Å²) in [5, 5.41) is 2.79. The van der Waals surface area contributed by atoms with Crippen LogP contribution in [0.15, 0.2) is 47.1 Å². The summed E-state index contributed by atoms with van der Waals surface area (Å²) in [4.78, 5) is 37.9. The van der Waals surface area contributed by atoms with Gasteiger partial charge in [-0.05, 0) is 25.8 Å². The van der Waals surface area contributed by atoms with Gasteiger partial charge >= 0.3 is 0 Å². The van der Waals surface area contributed by atoms with Gasteiger partial charge in [0.15, 0.2) is 11.6 Å². The molecule has 26 heavy (non-hydrogen) atoms. The van der Waals surface area contributed by atoms with Crippen LogP contribution in [0.4, 0.5) is 0 Å². The number of benzene rings is 1. The van der Waals surface area contributed by atoms with E-state index in [0.717, 1.165) is 12.8 Å². The molecule has 0 saturated heterocycles. The van der Waals surface area contributed by atoms with Crippen molar-refractivity contribution in [3.05, 3.63) is 58.2 Å². The van der Waals surface area contributed by atoms with Gasteiger partial charge in [-0.15, -0.1) is 0 Å². The van der Waals surface area contributed by atoms with E-state index in [2.05, 4.69) is 5.32 Å². The van der Waals surface area contributed by atoms with Crippen molar-refractivity contribution < 1.29 is 19.1 Å². The van der Waals surface area contributed by atoms with Crippen molar-refractivity contribution in [1.29, 1.82) is 0 Å². The molecule has 0 atom stereocenters. The molecule has 138 valence electrons. The molecule has 2 rings (SSSR count). The summed E-state index contributed by atoms with van der Waals surface area (Å²) in [6, 6.07) is 6.80. The van der Waals surface area contributed by atoms with Crippen LogP contribution in [0.5, 0.6) is 0 Å². The summed E-state index contributed by atoms with van der Waals surface area (Å²) in [5.41, 5.74) is 2.02. The van der Waals surface area contributed by atoms with Crippen molar-refractivity contribution in [2.24, 2.45) is 0 Å². The largest absolute Gasteiger partial charge is 0.383 e. The number of unbranched alkanes of at least 4 members (excludes halogenated alkanes) is 1. The Kier molecular flexibility index (Phi) is 7.04. The fraction of sp³-hybridized carbons (Fsp3) is 0.381. The molecule has 0 aromatic heterocycles. The molecule has 0 aliphatic heterocycles. The maximum absolute atomic E-state index is 12.9. The second-order valence-corrected chi connectivity index (χ2v) is 6.26. The summed E-state index contributed by atoms with van der Waals surface area (Å²) in [6.45, 7) is 4.49. The van der Waals surface area contributed by atoms with E-state index in [-0.39, 0.29) is 17.5 Å². The maximum atomic E-state index is 12.9. The van der Waals surface area contributed by atoms with Crippen LogP contribution in [-0.4, -0.2) is 37.7 Å². The van der Waals surface area contributed by atoms with E-state index in [1.807, 2.05) is 6.92 Å². The van der Waals surface area contributed by atoms with E-state index >= 15 is 0 Å². The molecule has 1 aliphatic rings. The van der Waals surface area contributed by atoms with Crippen LogP contribution in [0, 0.1) is 0 Å². The fourth-order valence-electron chi connectivity index (χ4n) is 2.87. The van der Waals surface area contributed by atoms with Gasteiger partial charge in [0.25, 0.3) is 0 Å². The number of hydrogen-bond donors (Lipinski definition) is 1. The Morgan fingerprint density at radius 2 is 1.81 bits per heavy atom. The molecule has 0 saturated carbocycles. The molecule has 1 aromatic rings. The Hall–Kier alpha value is -2.53. The minimum Gasteiger partial charge on any atom is -0.383 e. The molecule has 0 unspecified atom stereocenters. The smallest absolute Gasteiger partial charge is 0.247 e. The number of rotatable bonds is 8. The maximum Gasteiger partial charge on any atom is 0.247 e. The molecule has 0 bridgehead atoms. The number of amides is 1. The van der Waals surface area contributed by atoms with Crippen molar-refractivity contribution in [3.63, 3.8) is 0 Å². The van der Waals surface area contributed by atoms with Crippen molar-refractivity contribution >= 4 is 17.5 Å². The Morgan fingerprint density at radius 1 is 1.15 bits per heavy atom. The van der Waals surface area contributed by atoms with Gasteiger partial charge < -0.3 is 10.1 Å². The first-order valence-electron chi connectivity index (χ1n) is 8.88. The summed E-state index contributed by atoms with van der Waals surface area (Å²) < 4.78 is 4.95. The number of methoxy groups -OCH3 is 1. The van der Waals surface area contributed by atoms with Gasteiger partial charge in [-0.1, -0.05) is 37.6 Å². The number of allylic oxidation sites excluding steroid dienone is 3. The summed E-state index contributed by atoms with van der Waals surface area (Å²) in [7, 11) is 1.57. The van der Waals surface area contributed by atoms with E-state index in [9.17, 15) is 14.4 Å². The Balaban J connectivity index is 2.37. The molecule has 0 heterocycles. The number of carbonyl (C=O) groups is 3. The molecule has 1 aliphatic carbocycles. The molecule has 1 N–H and O–H groups in total. The molecule has 5 heteroatoms. The van der Waals surface area contributed by atoms with Gasteiger partial charge in [0.1, 0.15) is 0 Å². The summed E-state index contributed by atoms with van der Waals surface area (Å²) in [5.74, 6) is -0.604. The summed E-state index contributed by atoms with van der Waals surface area (Å²) >= 11 is 0. The van der Waals surface area contributed by atoms with Gasteiger partial charge in [0, 0.05) is 41.5 Å². The minimum absolute atomic E-state index is 0.166. The quantitative estimate of drug-likeness (QED) is 0.574. The zero-order chi connectivity index (χ0) is 19.1. The number of ether oxygens (including phenoxy) is 1. The van der Waals surface area contributed by atoms with Crippen LogP contribution >= 0.6 is 0 Å². The first-order chi connectivity index (χ1) is 12.5. The number of Topliss-reactive ketones (excluding diaryl/α,β-unsaturated/α-hetero) is 2. The Morgan fingerprint density at radius 3 is 2.42 bits per heavy atom. The molecule has 1 amide bonds. The van der Waals surface area contributed by atoms with Crippen LogP contribution in [0.3, 0.4) is 0 Å². The fourth-order valence-corrected chi connectivity index (χ4v) is 2.87. The van der Waals surface area contributed by atoms with Crippen molar-refractivity contribution in [2.75, 3.05) is 20.3 Å². The van der Waals surface area contributed by atoms with Crippen molar-refractivity contribution in [1.82, 2.24) is 5.32 Å². The lowest BCUT2D eigenvalue weighted by atomic mass is 9.83. The molecule has 5 nitrogen and oxygen atoms in total. The standard InChI is InChI=1S/C21H25NO4/c1-4-5-8-15(21(25)22-11-12-26-3)13-18-14(2)19(23)16-9-6-7-10-17(16)20(18)24/h6-7,9-10,13H,4-5,8,11-12H2,1-3H3,(H,22,25)/b15-13-. The number of fused-ring (bicyclic) bond motifs is 1. The molecule has 0 spiro atoms. The van der Waals surface area contributed by atoms with Crippen LogP contribution in [0.25, 0.3) is 0 Å². The highest BCUT2D eigenvalue weighted by Crippen LogP contribution is 2.28. The van der Waals surface area contributed by atoms with Crippen molar-refractivity contribution in [3.8, 4) is 0 Å². The second-order valence-electron chi connectivity index (χ2n) is 6.26. The summed E-state index contributed by atoms with van der Waals surface area (Å²) in [6.07, 6.45) is 3.89. The lowest BCUT2D eigenvalue weighted by Crippen LogP contribution is -2.29. The highest BCUT2D eigenvalue weighted by atomic mass is 16.5. The van der Waals surface area contributed by atoms with Crippen LogP contribution < -0.4 is 5.32 Å².